The fourth-order valence-corrected chi connectivity index (χ4v) is 2.68. The zero-order chi connectivity index (χ0) is 15.9. The lowest BCUT2D eigenvalue weighted by Crippen LogP contribution is -2.30. The molecule has 4 nitrogen and oxygen atoms in total. The zero-order valence-electron chi connectivity index (χ0n) is 12.1. The van der Waals surface area contributed by atoms with Gasteiger partial charge in [-0.1, -0.05) is 23.9 Å². The van der Waals surface area contributed by atoms with Crippen LogP contribution >= 0.6 is 11.8 Å². The average molecular weight is 320 g/mol. The Morgan fingerprint density at radius 1 is 1.41 bits per heavy atom. The molecule has 0 fully saturated rings. The van der Waals surface area contributed by atoms with Crippen molar-refractivity contribution in [3.05, 3.63) is 59.5 Å². The van der Waals surface area contributed by atoms with Gasteiger partial charge in [0.05, 0.1) is 16.9 Å². The molecule has 22 heavy (non-hydrogen) atoms. The van der Waals surface area contributed by atoms with Crippen molar-refractivity contribution in [2.24, 2.45) is 0 Å². The van der Waals surface area contributed by atoms with Gasteiger partial charge in [-0.25, -0.2) is 9.37 Å². The number of rotatable bonds is 6. The van der Waals surface area contributed by atoms with Gasteiger partial charge in [-0.15, -0.1) is 0 Å². The van der Waals surface area contributed by atoms with Crippen LogP contribution < -0.4 is 5.32 Å². The molecule has 0 spiro atoms. The second kappa shape index (κ2) is 7.91. The number of hydrogen-bond acceptors (Lipinski definition) is 4. The van der Waals surface area contributed by atoms with Gasteiger partial charge in [-0.05, 0) is 36.8 Å². The third-order valence-corrected chi connectivity index (χ3v) is 4.10. The Balaban J connectivity index is 1.89. The predicted octanol–water partition coefficient (Wildman–Crippen LogP) is 2.51. The minimum absolute atomic E-state index is 0.120. The van der Waals surface area contributed by atoms with Crippen LogP contribution in [0.1, 0.15) is 18.1 Å². The SMILES string of the molecule is CC(Sc1ccccn1)C(=O)NCc1ccc(F)c(CO)c1. The van der Waals surface area contributed by atoms with Gasteiger partial charge in [-0.3, -0.25) is 4.79 Å². The molecule has 0 aliphatic rings. The van der Waals surface area contributed by atoms with Gasteiger partial charge in [0, 0.05) is 18.3 Å². The standard InChI is InChI=1S/C16H17FN2O2S/c1-11(22-15-4-2-3-7-18-15)16(21)19-9-12-5-6-14(17)13(8-12)10-20/h2-8,11,20H,9-10H2,1H3,(H,19,21). The molecule has 1 aromatic carbocycles. The van der Waals surface area contributed by atoms with E-state index in [0.717, 1.165) is 10.6 Å². The second-order valence-corrected chi connectivity index (χ2v) is 6.09. The summed E-state index contributed by atoms with van der Waals surface area (Å²) in [5, 5.41) is 12.3. The molecule has 2 rings (SSSR count). The van der Waals surface area contributed by atoms with E-state index < -0.39 is 5.82 Å². The molecule has 2 N–H and O–H groups in total. The number of thioether (sulfide) groups is 1. The number of hydrogen-bond donors (Lipinski definition) is 2. The van der Waals surface area contributed by atoms with Crippen LogP contribution in [0.25, 0.3) is 0 Å². The molecule has 1 heterocycles. The van der Waals surface area contributed by atoms with Crippen molar-refractivity contribution in [2.75, 3.05) is 0 Å². The summed E-state index contributed by atoms with van der Waals surface area (Å²) in [5.41, 5.74) is 0.969. The smallest absolute Gasteiger partial charge is 0.233 e. The first kappa shape index (κ1) is 16.5. The van der Waals surface area contributed by atoms with E-state index in [-0.39, 0.29) is 23.3 Å². The highest BCUT2D eigenvalue weighted by Gasteiger charge is 2.14. The number of benzene rings is 1. The molecule has 1 amide bonds. The Morgan fingerprint density at radius 3 is 2.91 bits per heavy atom. The summed E-state index contributed by atoms with van der Waals surface area (Å²) in [6.45, 7) is 1.73. The van der Waals surface area contributed by atoms with Crippen LogP contribution in [0.5, 0.6) is 0 Å². The largest absolute Gasteiger partial charge is 0.392 e. The topological polar surface area (TPSA) is 62.2 Å². The first-order valence-corrected chi connectivity index (χ1v) is 7.71. The van der Waals surface area contributed by atoms with Crippen molar-refractivity contribution in [3.8, 4) is 0 Å². The fourth-order valence-electron chi connectivity index (χ4n) is 1.84. The highest BCUT2D eigenvalue weighted by Crippen LogP contribution is 2.20. The molecule has 0 saturated heterocycles. The average Bonchev–Trinajstić information content (AvgIpc) is 2.54. The summed E-state index contributed by atoms with van der Waals surface area (Å²) in [4.78, 5) is 16.2. The maximum absolute atomic E-state index is 13.3. The molecule has 1 unspecified atom stereocenters. The van der Waals surface area contributed by atoms with Gasteiger partial charge in [0.2, 0.25) is 5.91 Å². The van der Waals surface area contributed by atoms with Crippen LogP contribution in [0.15, 0.2) is 47.6 Å². The molecule has 0 bridgehead atoms. The molecular formula is C16H17FN2O2S. The first-order chi connectivity index (χ1) is 10.6. The molecule has 0 aliphatic carbocycles. The Morgan fingerprint density at radius 2 is 2.23 bits per heavy atom. The molecule has 1 atom stereocenters. The molecule has 0 radical (unpaired) electrons. The number of halogens is 1. The van der Waals surface area contributed by atoms with E-state index in [2.05, 4.69) is 10.3 Å². The van der Waals surface area contributed by atoms with Crippen molar-refractivity contribution in [1.29, 1.82) is 0 Å². The van der Waals surface area contributed by atoms with Crippen LogP contribution in [0, 0.1) is 5.82 Å². The van der Waals surface area contributed by atoms with Gasteiger partial charge in [0.15, 0.2) is 0 Å². The Kier molecular flexibility index (Phi) is 5.91. The number of aromatic nitrogens is 1. The van der Waals surface area contributed by atoms with E-state index >= 15 is 0 Å². The van der Waals surface area contributed by atoms with Gasteiger partial charge < -0.3 is 10.4 Å². The molecule has 0 aliphatic heterocycles. The van der Waals surface area contributed by atoms with Crippen molar-refractivity contribution >= 4 is 17.7 Å². The highest BCUT2D eigenvalue weighted by molar-refractivity contribution is 8.00. The monoisotopic (exact) mass is 320 g/mol. The van der Waals surface area contributed by atoms with Gasteiger partial charge in [0.1, 0.15) is 5.82 Å². The minimum atomic E-state index is -0.448. The summed E-state index contributed by atoms with van der Waals surface area (Å²) in [7, 11) is 0. The number of aliphatic hydroxyl groups excluding tert-OH is 1. The molecular weight excluding hydrogens is 303 g/mol. The van der Waals surface area contributed by atoms with Crippen molar-refractivity contribution in [2.45, 2.75) is 30.4 Å². The van der Waals surface area contributed by atoms with Gasteiger partial charge >= 0.3 is 0 Å². The summed E-state index contributed by atoms with van der Waals surface area (Å²) in [6.07, 6.45) is 1.68. The minimum Gasteiger partial charge on any atom is -0.392 e. The Bertz CT molecular complexity index is 637. The lowest BCUT2D eigenvalue weighted by molar-refractivity contribution is -0.120. The number of nitrogens with one attached hydrogen (secondary N) is 1. The van der Waals surface area contributed by atoms with Crippen LogP contribution in [0.3, 0.4) is 0 Å². The molecule has 0 saturated carbocycles. The first-order valence-electron chi connectivity index (χ1n) is 6.83. The van der Waals surface area contributed by atoms with E-state index in [1.807, 2.05) is 18.2 Å². The summed E-state index contributed by atoms with van der Waals surface area (Å²) >= 11 is 1.37. The second-order valence-electron chi connectivity index (χ2n) is 4.73. The van der Waals surface area contributed by atoms with Crippen molar-refractivity contribution < 1.29 is 14.3 Å². The van der Waals surface area contributed by atoms with Crippen molar-refractivity contribution in [1.82, 2.24) is 10.3 Å². The summed E-state index contributed by atoms with van der Waals surface area (Å²) in [6, 6.07) is 9.97. The lowest BCUT2D eigenvalue weighted by atomic mass is 10.1. The molecule has 6 heteroatoms. The number of amides is 1. The summed E-state index contributed by atoms with van der Waals surface area (Å²) < 4.78 is 13.3. The maximum atomic E-state index is 13.3. The third kappa shape index (κ3) is 4.54. The van der Waals surface area contributed by atoms with E-state index in [1.54, 1.807) is 25.3 Å². The normalized spacial score (nSPS) is 12.0. The highest BCUT2D eigenvalue weighted by atomic mass is 32.2. The number of carbonyl (C=O) groups is 1. The number of nitrogens with zero attached hydrogens (tertiary/aromatic N) is 1. The number of pyridine rings is 1. The van der Waals surface area contributed by atoms with Gasteiger partial charge in [0.25, 0.3) is 0 Å². The fraction of sp³-hybridized carbons (Fsp3) is 0.250. The van der Waals surface area contributed by atoms with Crippen LogP contribution in [0.2, 0.25) is 0 Å². The number of carbonyl (C=O) groups excluding carboxylic acids is 1. The zero-order valence-corrected chi connectivity index (χ0v) is 12.9. The van der Waals surface area contributed by atoms with Crippen LogP contribution in [0.4, 0.5) is 4.39 Å². The van der Waals surface area contributed by atoms with Gasteiger partial charge in [-0.2, -0.15) is 0 Å². The van der Waals surface area contributed by atoms with E-state index in [4.69, 9.17) is 5.11 Å². The van der Waals surface area contributed by atoms with E-state index in [9.17, 15) is 9.18 Å². The van der Waals surface area contributed by atoms with Crippen LogP contribution in [-0.2, 0) is 17.9 Å². The molecule has 2 aromatic rings. The van der Waals surface area contributed by atoms with Crippen LogP contribution in [-0.4, -0.2) is 21.2 Å². The van der Waals surface area contributed by atoms with E-state index in [0.29, 0.717) is 6.54 Å². The molecule has 116 valence electrons. The quantitative estimate of drug-likeness (QED) is 0.803. The Labute approximate surface area is 132 Å². The maximum Gasteiger partial charge on any atom is 0.233 e. The third-order valence-electron chi connectivity index (χ3n) is 3.05. The number of aliphatic hydroxyl groups is 1. The lowest BCUT2D eigenvalue weighted by Gasteiger charge is -2.12. The molecule has 1 aromatic heterocycles. The predicted molar refractivity (Wildman–Crippen MR) is 83.7 cm³/mol. The summed E-state index contributed by atoms with van der Waals surface area (Å²) in [5.74, 6) is -0.567. The Hall–Kier alpha value is -1.92. The van der Waals surface area contributed by atoms with E-state index in [1.165, 1.54) is 17.8 Å². The van der Waals surface area contributed by atoms with Crippen molar-refractivity contribution in [3.63, 3.8) is 0 Å².